The number of nitrogens with zero attached hydrogens (tertiary/aromatic N) is 2. The third kappa shape index (κ3) is 5.37. The fourth-order valence-corrected chi connectivity index (χ4v) is 5.61. The number of allylic oxidation sites excluding steroid dienone is 9. The molecule has 1 unspecified atom stereocenters. The van der Waals surface area contributed by atoms with Crippen LogP contribution in [0.2, 0.25) is 0 Å². The molecular weight excluding hydrogens is 472 g/mol. The summed E-state index contributed by atoms with van der Waals surface area (Å²) in [6.07, 6.45) is 26.7. The molecule has 6 rings (SSSR count). The minimum Gasteiger partial charge on any atom is -0.335 e. The van der Waals surface area contributed by atoms with Crippen LogP contribution in [0.4, 0.5) is 17.1 Å². The number of anilines is 3. The average molecular weight is 507 g/mol. The predicted molar refractivity (Wildman–Crippen MR) is 166 cm³/mol. The maximum atomic E-state index is 4.60. The van der Waals surface area contributed by atoms with Gasteiger partial charge in [-0.1, -0.05) is 91.6 Å². The van der Waals surface area contributed by atoms with Crippen LogP contribution in [-0.4, -0.2) is 10.9 Å². The van der Waals surface area contributed by atoms with Crippen LogP contribution in [0.1, 0.15) is 30.4 Å². The number of benzene rings is 3. The van der Waals surface area contributed by atoms with E-state index >= 15 is 0 Å². The van der Waals surface area contributed by atoms with E-state index < -0.39 is 0 Å². The molecule has 2 nitrogen and oxygen atoms in total. The van der Waals surface area contributed by atoms with Gasteiger partial charge in [0.2, 0.25) is 0 Å². The van der Waals surface area contributed by atoms with Crippen LogP contribution in [0, 0.1) is 0 Å². The summed E-state index contributed by atoms with van der Waals surface area (Å²) in [6.45, 7) is 4.60. The average Bonchev–Trinajstić information content (AvgIpc) is 2.99. The van der Waals surface area contributed by atoms with Crippen molar-refractivity contribution in [2.75, 3.05) is 4.90 Å². The van der Waals surface area contributed by atoms with Gasteiger partial charge in [0.05, 0.1) is 6.04 Å². The second-order valence-electron chi connectivity index (χ2n) is 10.1. The van der Waals surface area contributed by atoms with E-state index in [-0.39, 0.29) is 6.04 Å². The SMILES string of the molecule is C=C1/C=C(N(C2=CCCC=C2)C2C=CC=CC2)\C=C/Cc2ccc(N(c3ccccc3)c3ccccc3)cc21. The normalized spacial score (nSPS) is 20.2. The number of para-hydroxylation sites is 2. The summed E-state index contributed by atoms with van der Waals surface area (Å²) in [5.41, 5.74) is 9.37. The van der Waals surface area contributed by atoms with Crippen LogP contribution in [0.15, 0.2) is 158 Å². The lowest BCUT2D eigenvalue weighted by Crippen LogP contribution is -2.32. The highest BCUT2D eigenvalue weighted by molar-refractivity contribution is 5.83. The Balaban J connectivity index is 1.41. The Hall–Kier alpha value is -4.56. The van der Waals surface area contributed by atoms with Crippen molar-refractivity contribution < 1.29 is 0 Å². The second kappa shape index (κ2) is 11.4. The maximum Gasteiger partial charge on any atom is 0.0559 e. The number of hydrogen-bond donors (Lipinski definition) is 0. The van der Waals surface area contributed by atoms with Gasteiger partial charge in [-0.15, -0.1) is 0 Å². The molecule has 192 valence electrons. The van der Waals surface area contributed by atoms with Crippen LogP contribution in [0.5, 0.6) is 0 Å². The lowest BCUT2D eigenvalue weighted by molar-refractivity contribution is 0.379. The molecule has 0 amide bonds. The molecule has 0 fully saturated rings. The van der Waals surface area contributed by atoms with Crippen molar-refractivity contribution in [3.05, 3.63) is 169 Å². The molecule has 0 heterocycles. The van der Waals surface area contributed by atoms with E-state index in [0.717, 1.165) is 48.3 Å². The molecule has 0 bridgehead atoms. The molecule has 0 radical (unpaired) electrons. The highest BCUT2D eigenvalue weighted by Gasteiger charge is 2.23. The molecule has 3 aliphatic carbocycles. The molecule has 1 atom stereocenters. The van der Waals surface area contributed by atoms with E-state index in [2.05, 4.69) is 156 Å². The van der Waals surface area contributed by atoms with E-state index in [1.54, 1.807) is 0 Å². The summed E-state index contributed by atoms with van der Waals surface area (Å²) in [6, 6.07) is 28.2. The van der Waals surface area contributed by atoms with Gasteiger partial charge in [0, 0.05) is 28.5 Å². The van der Waals surface area contributed by atoms with Crippen LogP contribution >= 0.6 is 0 Å². The van der Waals surface area contributed by atoms with E-state index in [9.17, 15) is 0 Å². The molecule has 39 heavy (non-hydrogen) atoms. The minimum atomic E-state index is 0.282. The summed E-state index contributed by atoms with van der Waals surface area (Å²) < 4.78 is 0. The Kier molecular flexibility index (Phi) is 7.27. The molecule has 3 aliphatic rings. The zero-order valence-electron chi connectivity index (χ0n) is 22.3. The Bertz CT molecular complexity index is 1480. The van der Waals surface area contributed by atoms with Gasteiger partial charge in [-0.05, 0) is 97.0 Å². The van der Waals surface area contributed by atoms with Gasteiger partial charge >= 0.3 is 0 Å². The van der Waals surface area contributed by atoms with Crippen molar-refractivity contribution in [1.29, 1.82) is 0 Å². The van der Waals surface area contributed by atoms with E-state index in [0.29, 0.717) is 0 Å². The van der Waals surface area contributed by atoms with Crippen molar-refractivity contribution in [1.82, 2.24) is 4.90 Å². The number of fused-ring (bicyclic) bond motifs is 1. The summed E-state index contributed by atoms with van der Waals surface area (Å²) in [7, 11) is 0. The molecule has 0 saturated carbocycles. The molecular formula is C37H34N2. The van der Waals surface area contributed by atoms with Gasteiger partial charge < -0.3 is 9.80 Å². The molecule has 3 aromatic rings. The van der Waals surface area contributed by atoms with Crippen LogP contribution < -0.4 is 4.90 Å². The summed E-state index contributed by atoms with van der Waals surface area (Å²) in [5, 5.41) is 0. The first-order chi connectivity index (χ1) is 19.3. The van der Waals surface area contributed by atoms with Crippen molar-refractivity contribution in [2.24, 2.45) is 0 Å². The van der Waals surface area contributed by atoms with Crippen LogP contribution in [-0.2, 0) is 6.42 Å². The van der Waals surface area contributed by atoms with E-state index in [4.69, 9.17) is 0 Å². The highest BCUT2D eigenvalue weighted by atomic mass is 15.2. The lowest BCUT2D eigenvalue weighted by atomic mass is 9.93. The third-order valence-electron chi connectivity index (χ3n) is 7.50. The molecule has 2 heteroatoms. The first-order valence-electron chi connectivity index (χ1n) is 13.9. The Morgan fingerprint density at radius 2 is 1.44 bits per heavy atom. The molecule has 0 aliphatic heterocycles. The smallest absolute Gasteiger partial charge is 0.0559 e. The summed E-state index contributed by atoms with van der Waals surface area (Å²) >= 11 is 0. The predicted octanol–water partition coefficient (Wildman–Crippen LogP) is 9.59. The minimum absolute atomic E-state index is 0.282. The van der Waals surface area contributed by atoms with Gasteiger partial charge in [0.25, 0.3) is 0 Å². The van der Waals surface area contributed by atoms with Gasteiger partial charge in [-0.2, -0.15) is 0 Å². The summed E-state index contributed by atoms with van der Waals surface area (Å²) in [5.74, 6) is 0. The van der Waals surface area contributed by atoms with Gasteiger partial charge in [0.1, 0.15) is 0 Å². The summed E-state index contributed by atoms with van der Waals surface area (Å²) in [4.78, 5) is 4.79. The Morgan fingerprint density at radius 1 is 0.692 bits per heavy atom. The molecule has 3 aromatic carbocycles. The van der Waals surface area contributed by atoms with Crippen molar-refractivity contribution in [2.45, 2.75) is 31.7 Å². The molecule has 0 saturated heterocycles. The van der Waals surface area contributed by atoms with Crippen molar-refractivity contribution in [3.63, 3.8) is 0 Å². The van der Waals surface area contributed by atoms with Crippen molar-refractivity contribution >= 4 is 22.6 Å². The monoisotopic (exact) mass is 506 g/mol. The number of hydrogen-bond acceptors (Lipinski definition) is 2. The van der Waals surface area contributed by atoms with Gasteiger partial charge in [-0.3, -0.25) is 0 Å². The first kappa shape index (κ1) is 24.8. The molecule has 0 aromatic heterocycles. The van der Waals surface area contributed by atoms with E-state index in [1.807, 2.05) is 0 Å². The Labute approximate surface area is 232 Å². The maximum absolute atomic E-state index is 4.60. The third-order valence-corrected chi connectivity index (χ3v) is 7.50. The number of rotatable bonds is 6. The zero-order valence-corrected chi connectivity index (χ0v) is 22.3. The quantitative estimate of drug-likeness (QED) is 0.328. The largest absolute Gasteiger partial charge is 0.335 e. The standard InChI is InChI=1S/C37H34N2/c1-29-27-35(38(31-16-6-2-7-17-31)32-18-8-3-9-19-32)24-14-15-30-25-26-36(28-37(29)30)39(33-20-10-4-11-21-33)34-22-12-5-13-23-34/h2,4-8,10-14,16,18-28,31H,1,3,9,15,17H2/b24-14-,35-27+. The molecule has 0 N–H and O–H groups in total. The highest BCUT2D eigenvalue weighted by Crippen LogP contribution is 2.38. The first-order valence-corrected chi connectivity index (χ1v) is 13.9. The fourth-order valence-electron chi connectivity index (χ4n) is 5.61. The van der Waals surface area contributed by atoms with E-state index in [1.165, 1.54) is 22.5 Å². The van der Waals surface area contributed by atoms with Gasteiger partial charge in [0.15, 0.2) is 0 Å². The second-order valence-corrected chi connectivity index (χ2v) is 10.1. The zero-order chi connectivity index (χ0) is 26.4. The molecule has 0 spiro atoms. The van der Waals surface area contributed by atoms with Crippen LogP contribution in [0.25, 0.3) is 5.57 Å². The Morgan fingerprint density at radius 3 is 2.10 bits per heavy atom. The lowest BCUT2D eigenvalue weighted by Gasteiger charge is -2.35. The van der Waals surface area contributed by atoms with Crippen LogP contribution in [0.3, 0.4) is 0 Å². The van der Waals surface area contributed by atoms with Crippen molar-refractivity contribution in [3.8, 4) is 0 Å². The topological polar surface area (TPSA) is 6.48 Å². The fraction of sp³-hybridized carbons (Fsp3) is 0.135. The van der Waals surface area contributed by atoms with Gasteiger partial charge in [-0.25, -0.2) is 0 Å².